The van der Waals surface area contributed by atoms with Crippen molar-refractivity contribution in [1.82, 2.24) is 15.1 Å². The van der Waals surface area contributed by atoms with Crippen LogP contribution in [0.25, 0.3) is 0 Å². The third-order valence-corrected chi connectivity index (χ3v) is 5.61. The molecule has 1 aliphatic rings. The Morgan fingerprint density at radius 2 is 1.73 bits per heavy atom. The summed E-state index contributed by atoms with van der Waals surface area (Å²) in [6.07, 6.45) is 1.58. The molecule has 1 N–H and O–H groups in total. The summed E-state index contributed by atoms with van der Waals surface area (Å²) in [7, 11) is 0. The first-order valence-electron chi connectivity index (χ1n) is 8.75. The van der Waals surface area contributed by atoms with Crippen molar-refractivity contribution < 1.29 is 9.59 Å². The Balaban J connectivity index is 1.47. The van der Waals surface area contributed by atoms with Crippen LogP contribution in [0.3, 0.4) is 0 Å². The molecular weight excluding hydrogens is 370 g/mol. The van der Waals surface area contributed by atoms with E-state index in [9.17, 15) is 9.59 Å². The number of carbonyl (C=O) groups excluding carboxylic acids is 2. The predicted molar refractivity (Wildman–Crippen MR) is 105 cm³/mol. The molecule has 0 aliphatic carbocycles. The van der Waals surface area contributed by atoms with Crippen LogP contribution in [0.15, 0.2) is 42.5 Å². The van der Waals surface area contributed by atoms with Crippen molar-refractivity contribution in [2.45, 2.75) is 12.8 Å². The summed E-state index contributed by atoms with van der Waals surface area (Å²) in [4.78, 5) is 29.2. The molecule has 1 fully saturated rings. The maximum atomic E-state index is 12.5. The monoisotopic (exact) mass is 391 g/mol. The molecule has 2 aromatic rings. The number of thiophene rings is 1. The zero-order valence-electron chi connectivity index (χ0n) is 14.5. The number of nitrogens with one attached hydrogen (secondary N) is 1. The van der Waals surface area contributed by atoms with Gasteiger partial charge in [-0.05, 0) is 30.5 Å². The van der Waals surface area contributed by atoms with Crippen LogP contribution in [0.4, 0.5) is 4.79 Å². The number of halogens is 1. The van der Waals surface area contributed by atoms with Crippen molar-refractivity contribution in [3.05, 3.63) is 57.2 Å². The third-order valence-electron chi connectivity index (χ3n) is 4.39. The average Bonchev–Trinajstić information content (AvgIpc) is 2.94. The fourth-order valence-corrected chi connectivity index (χ4v) is 3.99. The smallest absolute Gasteiger partial charge is 0.317 e. The molecule has 1 aromatic heterocycles. The van der Waals surface area contributed by atoms with Gasteiger partial charge in [0.25, 0.3) is 5.91 Å². The van der Waals surface area contributed by atoms with Crippen molar-refractivity contribution in [1.29, 1.82) is 0 Å². The van der Waals surface area contributed by atoms with E-state index in [0.29, 0.717) is 41.9 Å². The summed E-state index contributed by atoms with van der Waals surface area (Å²) in [5.41, 5.74) is 1.20. The molecule has 1 saturated heterocycles. The first-order valence-corrected chi connectivity index (χ1v) is 9.94. The van der Waals surface area contributed by atoms with Crippen LogP contribution in [0.1, 0.15) is 21.7 Å². The van der Waals surface area contributed by atoms with Gasteiger partial charge in [0.05, 0.1) is 9.21 Å². The highest BCUT2D eigenvalue weighted by Crippen LogP contribution is 2.23. The third kappa shape index (κ3) is 4.99. The number of benzene rings is 1. The summed E-state index contributed by atoms with van der Waals surface area (Å²) in [5, 5.41) is 2.98. The van der Waals surface area contributed by atoms with Crippen molar-refractivity contribution in [2.75, 3.05) is 32.7 Å². The zero-order valence-corrected chi connectivity index (χ0v) is 16.1. The summed E-state index contributed by atoms with van der Waals surface area (Å²) in [6.45, 7) is 3.01. The second-order valence-corrected chi connectivity index (χ2v) is 7.92. The molecule has 1 aromatic carbocycles. The number of carbonyl (C=O) groups is 2. The fourth-order valence-electron chi connectivity index (χ4n) is 2.98. The van der Waals surface area contributed by atoms with E-state index in [1.807, 2.05) is 18.2 Å². The van der Waals surface area contributed by atoms with E-state index >= 15 is 0 Å². The Labute approximate surface area is 162 Å². The Kier molecular flexibility index (Phi) is 6.52. The summed E-state index contributed by atoms with van der Waals surface area (Å²) in [6, 6.07) is 13.5. The fraction of sp³-hybridized carbons (Fsp3) is 0.368. The van der Waals surface area contributed by atoms with Crippen molar-refractivity contribution in [3.63, 3.8) is 0 Å². The largest absolute Gasteiger partial charge is 0.338 e. The van der Waals surface area contributed by atoms with Crippen LogP contribution >= 0.6 is 22.9 Å². The molecule has 0 bridgehead atoms. The van der Waals surface area contributed by atoms with Gasteiger partial charge in [-0.25, -0.2) is 4.79 Å². The van der Waals surface area contributed by atoms with E-state index in [2.05, 4.69) is 17.4 Å². The van der Waals surface area contributed by atoms with Gasteiger partial charge in [-0.1, -0.05) is 41.9 Å². The normalized spacial score (nSPS) is 14.8. The molecular formula is C19H22ClN3O2S. The van der Waals surface area contributed by atoms with E-state index in [0.717, 1.165) is 12.8 Å². The van der Waals surface area contributed by atoms with Crippen molar-refractivity contribution in [2.24, 2.45) is 0 Å². The van der Waals surface area contributed by atoms with E-state index in [1.54, 1.807) is 21.9 Å². The molecule has 0 atom stereocenters. The molecule has 1 aliphatic heterocycles. The van der Waals surface area contributed by atoms with Gasteiger partial charge < -0.3 is 15.1 Å². The molecule has 3 amide bonds. The highest BCUT2D eigenvalue weighted by molar-refractivity contribution is 7.17. The minimum absolute atomic E-state index is 0.00626. The van der Waals surface area contributed by atoms with E-state index < -0.39 is 0 Å². The van der Waals surface area contributed by atoms with Gasteiger partial charge in [-0.3, -0.25) is 4.79 Å². The molecule has 0 spiro atoms. The Morgan fingerprint density at radius 1 is 1.00 bits per heavy atom. The standard InChI is InChI=1S/C19H22ClN3O2S/c20-17-8-7-16(26-17)18(24)22-11-4-12-23(14-13-22)19(25)21-10-9-15-5-2-1-3-6-15/h1-3,5-8H,4,9-14H2,(H,21,25). The number of nitrogens with zero attached hydrogens (tertiary/aromatic N) is 2. The van der Waals surface area contributed by atoms with Crippen molar-refractivity contribution >= 4 is 34.9 Å². The topological polar surface area (TPSA) is 52.7 Å². The van der Waals surface area contributed by atoms with E-state index in [-0.39, 0.29) is 11.9 Å². The van der Waals surface area contributed by atoms with Crippen LogP contribution in [0, 0.1) is 0 Å². The molecule has 0 saturated carbocycles. The van der Waals surface area contributed by atoms with Gasteiger partial charge in [0.15, 0.2) is 0 Å². The molecule has 0 unspecified atom stereocenters. The SMILES string of the molecule is O=C(NCCc1ccccc1)N1CCCN(C(=O)c2ccc(Cl)s2)CC1. The van der Waals surface area contributed by atoms with Gasteiger partial charge in [0, 0.05) is 32.7 Å². The second kappa shape index (κ2) is 9.05. The summed E-state index contributed by atoms with van der Waals surface area (Å²) in [5.74, 6) is -0.00626. The molecule has 26 heavy (non-hydrogen) atoms. The Hall–Kier alpha value is -2.05. The lowest BCUT2D eigenvalue weighted by molar-refractivity contribution is 0.0767. The highest BCUT2D eigenvalue weighted by atomic mass is 35.5. The maximum Gasteiger partial charge on any atom is 0.317 e. The van der Waals surface area contributed by atoms with Gasteiger partial charge in [-0.2, -0.15) is 0 Å². The number of amides is 3. The van der Waals surface area contributed by atoms with Crippen LogP contribution in [0.2, 0.25) is 4.34 Å². The first-order chi connectivity index (χ1) is 12.6. The van der Waals surface area contributed by atoms with Crippen molar-refractivity contribution in [3.8, 4) is 0 Å². The highest BCUT2D eigenvalue weighted by Gasteiger charge is 2.23. The summed E-state index contributed by atoms with van der Waals surface area (Å²) >= 11 is 7.21. The average molecular weight is 392 g/mol. The summed E-state index contributed by atoms with van der Waals surface area (Å²) < 4.78 is 0.614. The lowest BCUT2D eigenvalue weighted by Crippen LogP contribution is -2.43. The first kappa shape index (κ1) is 18.7. The minimum atomic E-state index is -0.0607. The number of hydrogen-bond donors (Lipinski definition) is 1. The molecule has 5 nitrogen and oxygen atoms in total. The predicted octanol–water partition coefficient (Wildman–Crippen LogP) is 3.50. The number of rotatable bonds is 4. The van der Waals surface area contributed by atoms with Crippen LogP contribution in [-0.2, 0) is 6.42 Å². The van der Waals surface area contributed by atoms with Crippen LogP contribution in [0.5, 0.6) is 0 Å². The van der Waals surface area contributed by atoms with Gasteiger partial charge in [0.2, 0.25) is 0 Å². The molecule has 7 heteroatoms. The van der Waals surface area contributed by atoms with Gasteiger partial charge in [0.1, 0.15) is 0 Å². The zero-order chi connectivity index (χ0) is 18.4. The van der Waals surface area contributed by atoms with Crippen LogP contribution in [-0.4, -0.2) is 54.5 Å². The lowest BCUT2D eigenvalue weighted by Gasteiger charge is -2.22. The molecule has 2 heterocycles. The molecule has 0 radical (unpaired) electrons. The van der Waals surface area contributed by atoms with E-state index in [1.165, 1.54) is 16.9 Å². The Morgan fingerprint density at radius 3 is 2.46 bits per heavy atom. The molecule has 138 valence electrons. The quantitative estimate of drug-likeness (QED) is 0.867. The van der Waals surface area contributed by atoms with Gasteiger partial charge in [-0.15, -0.1) is 11.3 Å². The number of hydrogen-bond acceptors (Lipinski definition) is 3. The van der Waals surface area contributed by atoms with Gasteiger partial charge >= 0.3 is 6.03 Å². The van der Waals surface area contributed by atoms with E-state index in [4.69, 9.17) is 11.6 Å². The minimum Gasteiger partial charge on any atom is -0.338 e. The maximum absolute atomic E-state index is 12.5. The number of urea groups is 1. The Bertz CT molecular complexity index is 750. The molecule has 3 rings (SSSR count). The van der Waals surface area contributed by atoms with Crippen LogP contribution < -0.4 is 5.32 Å². The lowest BCUT2D eigenvalue weighted by atomic mass is 10.1. The second-order valence-electron chi connectivity index (χ2n) is 6.20.